The maximum atomic E-state index is 11.6. The number of aldehydes is 1. The van der Waals surface area contributed by atoms with E-state index in [0.717, 1.165) is 43.1 Å². The van der Waals surface area contributed by atoms with Gasteiger partial charge < -0.3 is 14.6 Å². The third-order valence-electron chi connectivity index (χ3n) is 5.44. The largest absolute Gasteiger partial charge is 0.496 e. The quantitative estimate of drug-likeness (QED) is 0.183. The molecule has 0 amide bonds. The molecular weight excluding hydrogens is 402 g/mol. The zero-order valence-corrected chi connectivity index (χ0v) is 19.3. The summed E-state index contributed by atoms with van der Waals surface area (Å²) in [5.41, 5.74) is 2.17. The molecule has 1 aromatic heterocycles. The van der Waals surface area contributed by atoms with Gasteiger partial charge in [-0.05, 0) is 24.5 Å². The molecule has 0 fully saturated rings. The van der Waals surface area contributed by atoms with Crippen molar-refractivity contribution >= 4 is 17.9 Å². The van der Waals surface area contributed by atoms with Crippen LogP contribution in [0.3, 0.4) is 0 Å². The number of aromatic nitrogens is 1. The Balaban J connectivity index is 1.72. The SMILES string of the molecule is COc1cc(OCCCCCCCCCCCCO)ncc1/C=C(\C=O)c1ccccc1. The summed E-state index contributed by atoms with van der Waals surface area (Å²) < 4.78 is 11.3. The summed E-state index contributed by atoms with van der Waals surface area (Å²) in [6.07, 6.45) is 16.2. The lowest BCUT2D eigenvalue weighted by Gasteiger charge is -2.10. The first-order chi connectivity index (χ1) is 15.8. The Labute approximate surface area is 192 Å². The maximum absolute atomic E-state index is 11.6. The zero-order chi connectivity index (χ0) is 22.9. The summed E-state index contributed by atoms with van der Waals surface area (Å²) in [5.74, 6) is 1.17. The summed E-state index contributed by atoms with van der Waals surface area (Å²) in [7, 11) is 1.60. The number of carbonyl (C=O) groups excluding carboxylic acids is 1. The van der Waals surface area contributed by atoms with Crippen molar-refractivity contribution in [3.8, 4) is 11.6 Å². The predicted octanol–water partition coefficient (Wildman–Crippen LogP) is 6.10. The number of allylic oxidation sites excluding steroid dienone is 1. The third-order valence-corrected chi connectivity index (χ3v) is 5.44. The number of hydrogen-bond acceptors (Lipinski definition) is 5. The molecule has 5 nitrogen and oxygen atoms in total. The Morgan fingerprint density at radius 2 is 1.56 bits per heavy atom. The van der Waals surface area contributed by atoms with Crippen LogP contribution in [-0.2, 0) is 4.79 Å². The van der Waals surface area contributed by atoms with Crippen LogP contribution in [0.4, 0.5) is 0 Å². The lowest BCUT2D eigenvalue weighted by atomic mass is 10.0. The summed E-state index contributed by atoms with van der Waals surface area (Å²) in [4.78, 5) is 15.9. The average Bonchev–Trinajstić information content (AvgIpc) is 2.84. The Bertz CT molecular complexity index is 805. The molecule has 0 saturated carbocycles. The number of hydrogen-bond donors (Lipinski definition) is 1. The molecule has 2 rings (SSSR count). The van der Waals surface area contributed by atoms with E-state index >= 15 is 0 Å². The number of nitrogens with zero attached hydrogens (tertiary/aromatic N) is 1. The van der Waals surface area contributed by atoms with Crippen molar-refractivity contribution in [1.82, 2.24) is 4.98 Å². The van der Waals surface area contributed by atoms with Crippen LogP contribution in [0.2, 0.25) is 0 Å². The summed E-state index contributed by atoms with van der Waals surface area (Å²) in [6.45, 7) is 0.955. The minimum atomic E-state index is 0.320. The van der Waals surface area contributed by atoms with Crippen LogP contribution in [0.25, 0.3) is 11.6 Å². The number of aliphatic hydroxyl groups is 1. The molecule has 5 heteroatoms. The highest BCUT2D eigenvalue weighted by molar-refractivity contribution is 6.13. The standard InChI is InChI=1S/C27H37NO4/c1-31-26-20-27(32-18-14-9-7-5-3-2-4-6-8-13-17-29)28-21-24(26)19-25(22-30)23-15-11-10-12-16-23/h10-12,15-16,19-22,29H,2-9,13-14,17-18H2,1H3/b25-19+. The van der Waals surface area contributed by atoms with Crippen molar-refractivity contribution in [3.63, 3.8) is 0 Å². The topological polar surface area (TPSA) is 68.7 Å². The van der Waals surface area contributed by atoms with Gasteiger partial charge >= 0.3 is 0 Å². The number of methoxy groups -OCH3 is 1. The number of pyridine rings is 1. The molecule has 1 N–H and O–H groups in total. The van der Waals surface area contributed by atoms with E-state index in [1.54, 1.807) is 25.4 Å². The van der Waals surface area contributed by atoms with Crippen LogP contribution < -0.4 is 9.47 Å². The fourth-order valence-corrected chi connectivity index (χ4v) is 3.58. The smallest absolute Gasteiger partial charge is 0.216 e. The highest BCUT2D eigenvalue weighted by Gasteiger charge is 2.08. The molecule has 0 bridgehead atoms. The number of carbonyl (C=O) groups is 1. The summed E-state index contributed by atoms with van der Waals surface area (Å²) >= 11 is 0. The minimum absolute atomic E-state index is 0.320. The van der Waals surface area contributed by atoms with Crippen LogP contribution in [-0.4, -0.2) is 36.7 Å². The molecule has 0 unspecified atom stereocenters. The van der Waals surface area contributed by atoms with Crippen LogP contribution in [0.1, 0.15) is 75.3 Å². The van der Waals surface area contributed by atoms with Gasteiger partial charge in [0.15, 0.2) is 6.29 Å². The number of aliphatic hydroxyl groups excluding tert-OH is 1. The van der Waals surface area contributed by atoms with E-state index in [1.807, 2.05) is 30.3 Å². The van der Waals surface area contributed by atoms with E-state index in [0.29, 0.717) is 30.4 Å². The van der Waals surface area contributed by atoms with Gasteiger partial charge in [-0.2, -0.15) is 0 Å². The first-order valence-electron chi connectivity index (χ1n) is 11.8. The van der Waals surface area contributed by atoms with Crippen molar-refractivity contribution < 1.29 is 19.4 Å². The molecule has 1 aromatic carbocycles. The first kappa shape index (κ1) is 25.6. The van der Waals surface area contributed by atoms with Gasteiger partial charge in [0.25, 0.3) is 0 Å². The second-order valence-corrected chi connectivity index (χ2v) is 7.96. The average molecular weight is 440 g/mol. The summed E-state index contributed by atoms with van der Waals surface area (Å²) in [5, 5.41) is 8.77. The normalized spacial score (nSPS) is 11.4. The van der Waals surface area contributed by atoms with E-state index in [2.05, 4.69) is 4.98 Å². The molecule has 0 aliphatic carbocycles. The molecule has 0 spiro atoms. The van der Waals surface area contributed by atoms with E-state index in [4.69, 9.17) is 14.6 Å². The van der Waals surface area contributed by atoms with E-state index in [1.165, 1.54) is 38.5 Å². The van der Waals surface area contributed by atoms with Gasteiger partial charge in [0.05, 0.1) is 13.7 Å². The van der Waals surface area contributed by atoms with E-state index in [9.17, 15) is 4.79 Å². The Kier molecular flexibility index (Phi) is 12.8. The first-order valence-corrected chi connectivity index (χ1v) is 11.8. The summed E-state index contributed by atoms with van der Waals surface area (Å²) in [6, 6.07) is 11.3. The molecule has 0 radical (unpaired) electrons. The van der Waals surface area contributed by atoms with Crippen molar-refractivity contribution in [2.24, 2.45) is 0 Å². The lowest BCUT2D eigenvalue weighted by molar-refractivity contribution is -0.103. The van der Waals surface area contributed by atoms with Crippen LogP contribution >= 0.6 is 0 Å². The molecule has 0 atom stereocenters. The van der Waals surface area contributed by atoms with Crippen LogP contribution in [0, 0.1) is 0 Å². The third kappa shape index (κ3) is 9.65. The molecule has 0 aliphatic rings. The van der Waals surface area contributed by atoms with Crippen LogP contribution in [0.15, 0.2) is 42.6 Å². The molecule has 2 aromatic rings. The Morgan fingerprint density at radius 1 is 0.938 bits per heavy atom. The second kappa shape index (κ2) is 16.0. The predicted molar refractivity (Wildman–Crippen MR) is 130 cm³/mol. The van der Waals surface area contributed by atoms with E-state index in [-0.39, 0.29) is 0 Å². The fourth-order valence-electron chi connectivity index (χ4n) is 3.58. The monoisotopic (exact) mass is 439 g/mol. The van der Waals surface area contributed by atoms with Gasteiger partial charge in [0.1, 0.15) is 5.75 Å². The van der Waals surface area contributed by atoms with Crippen LogP contribution in [0.5, 0.6) is 11.6 Å². The van der Waals surface area contributed by atoms with Gasteiger partial charge in [-0.25, -0.2) is 4.98 Å². The van der Waals surface area contributed by atoms with Crippen molar-refractivity contribution in [3.05, 3.63) is 53.7 Å². The Morgan fingerprint density at radius 3 is 2.16 bits per heavy atom. The Hall–Kier alpha value is -2.66. The molecule has 0 aliphatic heterocycles. The lowest BCUT2D eigenvalue weighted by Crippen LogP contribution is -2.00. The van der Waals surface area contributed by atoms with Gasteiger partial charge in [-0.3, -0.25) is 4.79 Å². The molecule has 32 heavy (non-hydrogen) atoms. The highest BCUT2D eigenvalue weighted by atomic mass is 16.5. The minimum Gasteiger partial charge on any atom is -0.496 e. The van der Waals surface area contributed by atoms with Crippen molar-refractivity contribution in [1.29, 1.82) is 0 Å². The molecule has 0 saturated heterocycles. The molecule has 1 heterocycles. The van der Waals surface area contributed by atoms with E-state index < -0.39 is 0 Å². The van der Waals surface area contributed by atoms with Gasteiger partial charge in [-0.1, -0.05) is 81.7 Å². The number of ether oxygens (including phenoxy) is 2. The fraction of sp³-hybridized carbons (Fsp3) is 0.481. The van der Waals surface area contributed by atoms with Gasteiger partial charge in [0, 0.05) is 30.0 Å². The van der Waals surface area contributed by atoms with Gasteiger partial charge in [-0.15, -0.1) is 0 Å². The zero-order valence-electron chi connectivity index (χ0n) is 19.3. The number of benzene rings is 1. The second-order valence-electron chi connectivity index (χ2n) is 7.96. The highest BCUT2D eigenvalue weighted by Crippen LogP contribution is 2.26. The number of rotatable bonds is 17. The van der Waals surface area contributed by atoms with Crippen molar-refractivity contribution in [2.75, 3.05) is 20.3 Å². The van der Waals surface area contributed by atoms with Crippen molar-refractivity contribution in [2.45, 2.75) is 64.2 Å². The number of unbranched alkanes of at least 4 members (excludes halogenated alkanes) is 9. The maximum Gasteiger partial charge on any atom is 0.216 e. The van der Waals surface area contributed by atoms with Gasteiger partial charge in [0.2, 0.25) is 5.88 Å². The molecule has 174 valence electrons. The molecular formula is C27H37NO4.